The van der Waals surface area contributed by atoms with Crippen molar-refractivity contribution in [1.82, 2.24) is 0 Å². The summed E-state index contributed by atoms with van der Waals surface area (Å²) in [6.45, 7) is 1.82. The maximum atomic E-state index is 11.7. The average molecular weight is 228 g/mol. The molecule has 2 aromatic rings. The van der Waals surface area contributed by atoms with Crippen LogP contribution in [0.15, 0.2) is 48.5 Å². The van der Waals surface area contributed by atoms with Gasteiger partial charge >= 0.3 is 5.97 Å². The number of ether oxygens (including phenoxy) is 1. The summed E-state index contributed by atoms with van der Waals surface area (Å²) in [5.41, 5.74) is 1.31. The first-order chi connectivity index (χ1) is 8.15. The van der Waals surface area contributed by atoms with Crippen LogP contribution in [-0.4, -0.2) is 11.1 Å². The number of esters is 1. The molecule has 2 rings (SSSR count). The number of phenolic OH excluding ortho intramolecular Hbond substituents is 1. The van der Waals surface area contributed by atoms with E-state index in [1.54, 1.807) is 36.4 Å². The summed E-state index contributed by atoms with van der Waals surface area (Å²) in [5, 5.41) is 9.39. The molecule has 86 valence electrons. The summed E-state index contributed by atoms with van der Waals surface area (Å²) >= 11 is 0. The number of carbonyl (C=O) groups excluding carboxylic acids is 1. The predicted octanol–water partition coefficient (Wildman–Crippen LogP) is 2.92. The van der Waals surface area contributed by atoms with Crippen molar-refractivity contribution < 1.29 is 14.6 Å². The highest BCUT2D eigenvalue weighted by molar-refractivity contribution is 5.91. The van der Waals surface area contributed by atoms with Crippen LogP contribution in [0.4, 0.5) is 0 Å². The molecule has 0 bridgehead atoms. The normalized spacial score (nSPS) is 9.94. The number of aromatic hydroxyl groups is 1. The summed E-state index contributed by atoms with van der Waals surface area (Å²) < 4.78 is 5.16. The second-order valence-electron chi connectivity index (χ2n) is 3.76. The van der Waals surface area contributed by atoms with Crippen molar-refractivity contribution in [2.75, 3.05) is 0 Å². The zero-order valence-corrected chi connectivity index (χ0v) is 9.38. The summed E-state index contributed by atoms with van der Waals surface area (Å²) in [7, 11) is 0. The second kappa shape index (κ2) is 4.70. The lowest BCUT2D eigenvalue weighted by Crippen LogP contribution is -2.08. The molecular formula is C14H12O3. The number of carbonyl (C=O) groups is 1. The Morgan fingerprint density at radius 1 is 1.12 bits per heavy atom. The topological polar surface area (TPSA) is 46.5 Å². The van der Waals surface area contributed by atoms with Crippen LogP contribution in [0, 0.1) is 6.92 Å². The van der Waals surface area contributed by atoms with Crippen molar-refractivity contribution in [3.8, 4) is 11.5 Å². The fourth-order valence-corrected chi connectivity index (χ4v) is 1.53. The summed E-state index contributed by atoms with van der Waals surface area (Å²) in [5.74, 6) is -0.00665. The van der Waals surface area contributed by atoms with Crippen LogP contribution in [0.2, 0.25) is 0 Å². The first-order valence-corrected chi connectivity index (χ1v) is 5.23. The van der Waals surface area contributed by atoms with E-state index in [-0.39, 0.29) is 5.75 Å². The monoisotopic (exact) mass is 228 g/mol. The molecule has 0 amide bonds. The van der Waals surface area contributed by atoms with Gasteiger partial charge in [-0.1, -0.05) is 18.2 Å². The van der Waals surface area contributed by atoms with Crippen molar-refractivity contribution in [3.63, 3.8) is 0 Å². The van der Waals surface area contributed by atoms with E-state index in [9.17, 15) is 9.90 Å². The third-order valence-electron chi connectivity index (χ3n) is 2.26. The third-order valence-corrected chi connectivity index (χ3v) is 2.26. The summed E-state index contributed by atoms with van der Waals surface area (Å²) in [6.07, 6.45) is 0. The van der Waals surface area contributed by atoms with Crippen molar-refractivity contribution in [1.29, 1.82) is 0 Å². The van der Waals surface area contributed by atoms with Gasteiger partial charge in [-0.3, -0.25) is 0 Å². The molecule has 0 atom stereocenters. The number of hydrogen-bond donors (Lipinski definition) is 1. The van der Waals surface area contributed by atoms with E-state index >= 15 is 0 Å². The Morgan fingerprint density at radius 3 is 2.47 bits per heavy atom. The number of hydrogen-bond acceptors (Lipinski definition) is 3. The maximum absolute atomic E-state index is 11.7. The van der Waals surface area contributed by atoms with Crippen LogP contribution in [-0.2, 0) is 0 Å². The molecule has 0 aliphatic rings. The Morgan fingerprint density at radius 2 is 1.82 bits per heavy atom. The molecule has 3 heteroatoms. The molecule has 0 heterocycles. The van der Waals surface area contributed by atoms with Crippen LogP contribution in [0.25, 0.3) is 0 Å². The van der Waals surface area contributed by atoms with Crippen LogP contribution in [0.3, 0.4) is 0 Å². The third kappa shape index (κ3) is 2.84. The molecule has 0 aliphatic heterocycles. The molecule has 0 spiro atoms. The summed E-state index contributed by atoms with van der Waals surface area (Å²) in [6, 6.07) is 13.4. The molecule has 3 nitrogen and oxygen atoms in total. The van der Waals surface area contributed by atoms with Gasteiger partial charge in [0.2, 0.25) is 0 Å². The Balaban J connectivity index is 2.19. The van der Waals surface area contributed by atoms with Gasteiger partial charge in [0.15, 0.2) is 0 Å². The SMILES string of the molecule is Cc1cc(O)cc(OC(=O)c2ccccc2)c1. The van der Waals surface area contributed by atoms with Gasteiger partial charge in [-0.15, -0.1) is 0 Å². The minimum absolute atomic E-state index is 0.0841. The lowest BCUT2D eigenvalue weighted by molar-refractivity contribution is 0.0734. The lowest BCUT2D eigenvalue weighted by atomic mass is 10.2. The van der Waals surface area contributed by atoms with Crippen LogP contribution >= 0.6 is 0 Å². The second-order valence-corrected chi connectivity index (χ2v) is 3.76. The van der Waals surface area contributed by atoms with Gasteiger partial charge < -0.3 is 9.84 Å². The Hall–Kier alpha value is -2.29. The molecule has 0 aromatic heterocycles. The van der Waals surface area contributed by atoms with Crippen molar-refractivity contribution in [3.05, 3.63) is 59.7 Å². The Labute approximate surface area is 99.3 Å². The molecule has 2 aromatic carbocycles. The van der Waals surface area contributed by atoms with Crippen molar-refractivity contribution in [2.24, 2.45) is 0 Å². The largest absolute Gasteiger partial charge is 0.508 e. The van der Waals surface area contributed by atoms with E-state index in [4.69, 9.17) is 4.74 Å². The van der Waals surface area contributed by atoms with Crippen LogP contribution < -0.4 is 4.74 Å². The zero-order chi connectivity index (χ0) is 12.3. The molecule has 0 unspecified atom stereocenters. The number of aryl methyl sites for hydroxylation is 1. The standard InChI is InChI=1S/C14H12O3/c1-10-7-12(15)9-13(8-10)17-14(16)11-5-3-2-4-6-11/h2-9,15H,1H3. The fourth-order valence-electron chi connectivity index (χ4n) is 1.53. The predicted molar refractivity (Wildman–Crippen MR) is 64.2 cm³/mol. The molecular weight excluding hydrogens is 216 g/mol. The number of rotatable bonds is 2. The lowest BCUT2D eigenvalue weighted by Gasteiger charge is -2.05. The highest BCUT2D eigenvalue weighted by atomic mass is 16.5. The molecule has 0 fully saturated rings. The van der Waals surface area contributed by atoms with E-state index in [1.807, 2.05) is 13.0 Å². The minimum Gasteiger partial charge on any atom is -0.508 e. The molecule has 0 saturated heterocycles. The summed E-state index contributed by atoms with van der Waals surface area (Å²) in [4.78, 5) is 11.7. The highest BCUT2D eigenvalue weighted by Gasteiger charge is 2.08. The van der Waals surface area contributed by atoms with E-state index in [0.717, 1.165) is 5.56 Å². The van der Waals surface area contributed by atoms with E-state index in [1.165, 1.54) is 6.07 Å². The average Bonchev–Trinajstić information content (AvgIpc) is 2.28. The van der Waals surface area contributed by atoms with Gasteiger partial charge in [0.1, 0.15) is 11.5 Å². The van der Waals surface area contributed by atoms with Crippen molar-refractivity contribution in [2.45, 2.75) is 6.92 Å². The van der Waals surface area contributed by atoms with E-state index < -0.39 is 5.97 Å². The Bertz CT molecular complexity index is 512. The highest BCUT2D eigenvalue weighted by Crippen LogP contribution is 2.22. The van der Waals surface area contributed by atoms with Gasteiger partial charge in [0.05, 0.1) is 5.56 Å². The van der Waals surface area contributed by atoms with Gasteiger partial charge in [-0.25, -0.2) is 4.79 Å². The van der Waals surface area contributed by atoms with E-state index in [0.29, 0.717) is 11.3 Å². The van der Waals surface area contributed by atoms with Crippen LogP contribution in [0.1, 0.15) is 15.9 Å². The first-order valence-electron chi connectivity index (χ1n) is 5.23. The van der Waals surface area contributed by atoms with E-state index in [2.05, 4.69) is 0 Å². The fraction of sp³-hybridized carbons (Fsp3) is 0.0714. The molecule has 1 N–H and O–H groups in total. The maximum Gasteiger partial charge on any atom is 0.343 e. The minimum atomic E-state index is -0.435. The van der Waals surface area contributed by atoms with Crippen molar-refractivity contribution >= 4 is 5.97 Å². The Kier molecular flexibility index (Phi) is 3.10. The molecule has 0 saturated carbocycles. The molecule has 0 aliphatic carbocycles. The molecule has 17 heavy (non-hydrogen) atoms. The number of benzene rings is 2. The van der Waals surface area contributed by atoms with Gasteiger partial charge in [-0.2, -0.15) is 0 Å². The number of phenols is 1. The zero-order valence-electron chi connectivity index (χ0n) is 9.38. The van der Waals surface area contributed by atoms with Gasteiger partial charge in [-0.05, 0) is 36.8 Å². The first kappa shape index (κ1) is 11.2. The van der Waals surface area contributed by atoms with Gasteiger partial charge in [0, 0.05) is 6.07 Å². The van der Waals surface area contributed by atoms with Crippen LogP contribution in [0.5, 0.6) is 11.5 Å². The van der Waals surface area contributed by atoms with Gasteiger partial charge in [0.25, 0.3) is 0 Å². The quantitative estimate of drug-likeness (QED) is 0.635. The smallest absolute Gasteiger partial charge is 0.343 e. The molecule has 0 radical (unpaired) electrons.